The van der Waals surface area contributed by atoms with E-state index in [4.69, 9.17) is 26.2 Å². The van der Waals surface area contributed by atoms with Gasteiger partial charge < -0.3 is 9.47 Å². The molecule has 0 unspecified atom stereocenters. The van der Waals surface area contributed by atoms with Crippen LogP contribution in [0, 0.1) is 12.8 Å². The van der Waals surface area contributed by atoms with Crippen molar-refractivity contribution in [3.63, 3.8) is 0 Å². The summed E-state index contributed by atoms with van der Waals surface area (Å²) < 4.78 is 14.7. The number of azo groups is 1. The third-order valence-electron chi connectivity index (χ3n) is 6.87. The molecule has 4 aromatic rings. The zero-order chi connectivity index (χ0) is 24.2. The molecule has 0 bridgehead atoms. The number of aryl methyl sites for hydroxylation is 1. The minimum Gasteiger partial charge on any atom is -0.493 e. The van der Waals surface area contributed by atoms with Gasteiger partial charge in [0.25, 0.3) is 0 Å². The van der Waals surface area contributed by atoms with Crippen molar-refractivity contribution in [2.24, 2.45) is 16.1 Å². The smallest absolute Gasteiger partial charge is 0.221 e. The van der Waals surface area contributed by atoms with E-state index in [1.807, 2.05) is 78.3 Å². The highest BCUT2D eigenvalue weighted by Gasteiger charge is 2.50. The SMILES string of the molecule is Cc1nn(-c2cccc(Cl)c2)c2c1[C@H]1c3cc(N=Nc4ccccc4)ccc3OC[C@H]1C(C)(C)O2. The lowest BCUT2D eigenvalue weighted by Gasteiger charge is -2.46. The Kier molecular flexibility index (Phi) is 5.15. The van der Waals surface area contributed by atoms with Gasteiger partial charge in [-0.05, 0) is 69.3 Å². The lowest BCUT2D eigenvalue weighted by atomic mass is 9.70. The fraction of sp³-hybridized carbons (Fsp3) is 0.250. The van der Waals surface area contributed by atoms with E-state index in [0.717, 1.165) is 45.5 Å². The Morgan fingerprint density at radius 1 is 0.971 bits per heavy atom. The van der Waals surface area contributed by atoms with Crippen LogP contribution in [0.25, 0.3) is 5.69 Å². The summed E-state index contributed by atoms with van der Waals surface area (Å²) >= 11 is 6.29. The van der Waals surface area contributed by atoms with E-state index in [1.165, 1.54) is 0 Å². The predicted molar refractivity (Wildman–Crippen MR) is 136 cm³/mol. The minimum atomic E-state index is -0.473. The van der Waals surface area contributed by atoms with Gasteiger partial charge in [0.15, 0.2) is 0 Å². The molecule has 35 heavy (non-hydrogen) atoms. The Balaban J connectivity index is 1.48. The molecule has 0 amide bonds. The number of ether oxygens (including phenoxy) is 2. The topological polar surface area (TPSA) is 61.0 Å². The Morgan fingerprint density at radius 2 is 1.77 bits per heavy atom. The summed E-state index contributed by atoms with van der Waals surface area (Å²) in [6.45, 7) is 6.83. The van der Waals surface area contributed by atoms with Crippen LogP contribution in [0.3, 0.4) is 0 Å². The average molecular weight is 485 g/mol. The zero-order valence-corrected chi connectivity index (χ0v) is 20.5. The Labute approximate surface area is 209 Å². The summed E-state index contributed by atoms with van der Waals surface area (Å²) in [5.41, 5.74) is 5.08. The van der Waals surface area contributed by atoms with Gasteiger partial charge in [-0.15, -0.1) is 0 Å². The third-order valence-corrected chi connectivity index (χ3v) is 7.10. The summed E-state index contributed by atoms with van der Waals surface area (Å²) in [5.74, 6) is 1.78. The molecule has 2 atom stereocenters. The van der Waals surface area contributed by atoms with Crippen molar-refractivity contribution < 1.29 is 9.47 Å². The maximum atomic E-state index is 6.62. The molecule has 3 heterocycles. The molecule has 0 radical (unpaired) electrons. The second-order valence-corrected chi connectivity index (χ2v) is 9.99. The van der Waals surface area contributed by atoms with E-state index in [9.17, 15) is 0 Å². The molecule has 0 N–H and O–H groups in total. The van der Waals surface area contributed by atoms with Crippen LogP contribution in [-0.4, -0.2) is 22.0 Å². The minimum absolute atomic E-state index is 0.0531. The first kappa shape index (κ1) is 21.9. The summed E-state index contributed by atoms with van der Waals surface area (Å²) in [5, 5.41) is 14.4. The first-order valence-corrected chi connectivity index (χ1v) is 12.1. The van der Waals surface area contributed by atoms with Crippen molar-refractivity contribution in [2.45, 2.75) is 32.3 Å². The van der Waals surface area contributed by atoms with Gasteiger partial charge in [-0.1, -0.05) is 35.9 Å². The van der Waals surface area contributed by atoms with Gasteiger partial charge in [0.05, 0.1) is 29.4 Å². The van der Waals surface area contributed by atoms with Crippen LogP contribution in [0.1, 0.15) is 36.6 Å². The number of hydrogen-bond acceptors (Lipinski definition) is 5. The van der Waals surface area contributed by atoms with Crippen molar-refractivity contribution in [2.75, 3.05) is 6.61 Å². The zero-order valence-electron chi connectivity index (χ0n) is 19.8. The molecule has 3 aromatic carbocycles. The Hall–Kier alpha value is -3.64. The summed E-state index contributed by atoms with van der Waals surface area (Å²) in [6, 6.07) is 23.4. The monoisotopic (exact) mass is 484 g/mol. The molecule has 2 aliphatic heterocycles. The quantitative estimate of drug-likeness (QED) is 0.282. The van der Waals surface area contributed by atoms with Gasteiger partial charge in [-0.25, -0.2) is 4.68 Å². The molecular formula is C28H25ClN4O2. The molecule has 7 heteroatoms. The number of aromatic nitrogens is 2. The van der Waals surface area contributed by atoms with Crippen LogP contribution in [0.5, 0.6) is 11.6 Å². The molecule has 0 fully saturated rings. The van der Waals surface area contributed by atoms with Crippen LogP contribution in [0.2, 0.25) is 5.02 Å². The summed E-state index contributed by atoms with van der Waals surface area (Å²) in [6.07, 6.45) is 0. The first-order chi connectivity index (χ1) is 16.9. The largest absolute Gasteiger partial charge is 0.493 e. The van der Waals surface area contributed by atoms with E-state index in [1.54, 1.807) is 0 Å². The van der Waals surface area contributed by atoms with Crippen LogP contribution in [0.4, 0.5) is 11.4 Å². The highest BCUT2D eigenvalue weighted by atomic mass is 35.5. The molecule has 6 nitrogen and oxygen atoms in total. The van der Waals surface area contributed by atoms with Crippen LogP contribution < -0.4 is 9.47 Å². The molecule has 1 aromatic heterocycles. The fourth-order valence-corrected chi connectivity index (χ4v) is 5.30. The molecule has 176 valence electrons. The first-order valence-electron chi connectivity index (χ1n) is 11.7. The Morgan fingerprint density at radius 3 is 2.57 bits per heavy atom. The lowest BCUT2D eigenvalue weighted by Crippen LogP contribution is -2.49. The van der Waals surface area contributed by atoms with Gasteiger partial charge in [-0.3, -0.25) is 0 Å². The molecule has 6 rings (SSSR count). The van der Waals surface area contributed by atoms with Crippen molar-refractivity contribution in [3.8, 4) is 17.3 Å². The molecular weight excluding hydrogens is 460 g/mol. The van der Waals surface area contributed by atoms with Gasteiger partial charge in [0.1, 0.15) is 11.4 Å². The van der Waals surface area contributed by atoms with Gasteiger partial charge in [0, 0.05) is 28.0 Å². The van der Waals surface area contributed by atoms with Crippen molar-refractivity contribution in [1.82, 2.24) is 9.78 Å². The number of rotatable bonds is 3. The molecule has 2 aliphatic rings. The molecule has 0 saturated carbocycles. The third kappa shape index (κ3) is 3.78. The fourth-order valence-electron chi connectivity index (χ4n) is 5.12. The van der Waals surface area contributed by atoms with Crippen LogP contribution in [-0.2, 0) is 0 Å². The normalized spacial score (nSPS) is 19.9. The molecule has 0 spiro atoms. The molecule has 0 aliphatic carbocycles. The predicted octanol–water partition coefficient (Wildman–Crippen LogP) is 7.56. The van der Waals surface area contributed by atoms with E-state index < -0.39 is 5.60 Å². The highest BCUT2D eigenvalue weighted by molar-refractivity contribution is 6.30. The molecule has 0 saturated heterocycles. The number of hydrogen-bond donors (Lipinski definition) is 0. The van der Waals surface area contributed by atoms with Crippen LogP contribution in [0.15, 0.2) is 83.0 Å². The number of halogens is 1. The van der Waals surface area contributed by atoms with E-state index >= 15 is 0 Å². The Bertz CT molecular complexity index is 1440. The van der Waals surface area contributed by atoms with E-state index in [-0.39, 0.29) is 11.8 Å². The van der Waals surface area contributed by atoms with Crippen molar-refractivity contribution >= 4 is 23.0 Å². The van der Waals surface area contributed by atoms with Crippen molar-refractivity contribution in [3.05, 3.63) is 94.6 Å². The standard InChI is InChI=1S/C28H25ClN4O2/c1-17-25-26-22-15-20(31-30-19-9-5-4-6-10-19)12-13-24(22)34-16-23(26)28(2,3)35-27(25)33(32-17)21-11-7-8-18(29)14-21/h4-15,23,26H,16H2,1-3H3/t23-,26+/m1/s1. The van der Waals surface area contributed by atoms with Crippen molar-refractivity contribution in [1.29, 1.82) is 0 Å². The highest BCUT2D eigenvalue weighted by Crippen LogP contribution is 2.54. The van der Waals surface area contributed by atoms with Crippen LogP contribution >= 0.6 is 11.6 Å². The van der Waals surface area contributed by atoms with E-state index in [0.29, 0.717) is 11.6 Å². The maximum Gasteiger partial charge on any atom is 0.221 e. The van der Waals surface area contributed by atoms with Gasteiger partial charge in [-0.2, -0.15) is 15.3 Å². The summed E-state index contributed by atoms with van der Waals surface area (Å²) in [7, 11) is 0. The van der Waals surface area contributed by atoms with Gasteiger partial charge in [0.2, 0.25) is 5.88 Å². The number of fused-ring (bicyclic) bond motifs is 5. The lowest BCUT2D eigenvalue weighted by molar-refractivity contribution is -0.0186. The maximum absolute atomic E-state index is 6.62. The number of nitrogens with zero attached hydrogens (tertiary/aromatic N) is 4. The van der Waals surface area contributed by atoms with Gasteiger partial charge >= 0.3 is 0 Å². The second kappa shape index (κ2) is 8.24. The van der Waals surface area contributed by atoms with E-state index in [2.05, 4.69) is 30.1 Å². The second-order valence-electron chi connectivity index (χ2n) is 9.55. The average Bonchev–Trinajstić information content (AvgIpc) is 3.17. The number of benzene rings is 3. The summed E-state index contributed by atoms with van der Waals surface area (Å²) in [4.78, 5) is 0.